The minimum Gasteiger partial charge on any atom is -0.317 e. The van der Waals surface area contributed by atoms with E-state index in [1.54, 1.807) is 6.33 Å². The molecule has 1 aliphatic heterocycles. The van der Waals surface area contributed by atoms with Gasteiger partial charge in [0.05, 0.1) is 0 Å². The van der Waals surface area contributed by atoms with Gasteiger partial charge in [-0.05, 0) is 12.3 Å². The summed E-state index contributed by atoms with van der Waals surface area (Å²) >= 11 is 5.76. The molecule has 0 saturated carbocycles. The first-order valence-corrected chi connectivity index (χ1v) is 4.36. The Morgan fingerprint density at radius 3 is 3.25 bits per heavy atom. The Hall–Kier alpha value is -0.280. The van der Waals surface area contributed by atoms with Gasteiger partial charge in [-0.2, -0.15) is 0 Å². The van der Waals surface area contributed by atoms with Crippen molar-refractivity contribution >= 4 is 24.0 Å². The van der Waals surface area contributed by atoms with Gasteiger partial charge in [-0.25, -0.2) is 0 Å². The van der Waals surface area contributed by atoms with Gasteiger partial charge in [0.25, 0.3) is 0 Å². The first kappa shape index (κ1) is 9.81. The molecule has 3 nitrogen and oxygen atoms in total. The van der Waals surface area contributed by atoms with Crippen LogP contribution >= 0.6 is 24.0 Å². The van der Waals surface area contributed by atoms with Crippen molar-refractivity contribution in [2.45, 2.75) is 19.4 Å². The molecular formula is C7H11Cl2N3. The van der Waals surface area contributed by atoms with Crippen molar-refractivity contribution in [2.75, 3.05) is 5.88 Å². The predicted molar refractivity (Wildman–Crippen MR) is 49.8 cm³/mol. The highest BCUT2D eigenvalue weighted by Crippen LogP contribution is 2.18. The van der Waals surface area contributed by atoms with Gasteiger partial charge in [-0.3, -0.25) is 0 Å². The predicted octanol–water partition coefficient (Wildman–Crippen LogP) is 1.50. The lowest BCUT2D eigenvalue weighted by Gasteiger charge is -2.20. The van der Waals surface area contributed by atoms with Crippen molar-refractivity contribution in [1.82, 2.24) is 14.8 Å². The monoisotopic (exact) mass is 207 g/mol. The molecule has 0 aliphatic carbocycles. The number of aryl methyl sites for hydroxylation is 1. The molecule has 68 valence electrons. The molecule has 1 aromatic rings. The summed E-state index contributed by atoms with van der Waals surface area (Å²) < 4.78 is 2.09. The molecule has 0 fully saturated rings. The Bertz CT molecular complexity index is 249. The standard InChI is InChI=1S/C7H10ClN3.ClH/c8-3-6-1-2-7-10-9-5-11(7)4-6;/h5-6H,1-4H2;1H. The summed E-state index contributed by atoms with van der Waals surface area (Å²) in [4.78, 5) is 0. The first-order valence-electron chi connectivity index (χ1n) is 3.83. The minimum atomic E-state index is 0. The van der Waals surface area contributed by atoms with Crippen molar-refractivity contribution in [3.05, 3.63) is 12.2 Å². The lowest BCUT2D eigenvalue weighted by molar-refractivity contribution is 0.398. The minimum absolute atomic E-state index is 0. The second-order valence-electron chi connectivity index (χ2n) is 2.96. The average Bonchev–Trinajstić information content (AvgIpc) is 2.50. The average molecular weight is 208 g/mol. The summed E-state index contributed by atoms with van der Waals surface area (Å²) in [7, 11) is 0. The molecule has 1 aliphatic rings. The van der Waals surface area contributed by atoms with Crippen molar-refractivity contribution in [1.29, 1.82) is 0 Å². The number of halogens is 2. The second kappa shape index (κ2) is 4.10. The van der Waals surface area contributed by atoms with Gasteiger partial charge in [0.2, 0.25) is 0 Å². The lowest BCUT2D eigenvalue weighted by Crippen LogP contribution is -2.20. The molecule has 2 heterocycles. The second-order valence-corrected chi connectivity index (χ2v) is 3.27. The van der Waals surface area contributed by atoms with E-state index in [1.165, 1.54) is 0 Å². The van der Waals surface area contributed by atoms with E-state index in [-0.39, 0.29) is 12.4 Å². The van der Waals surface area contributed by atoms with Gasteiger partial charge in [0, 0.05) is 18.8 Å². The van der Waals surface area contributed by atoms with Gasteiger partial charge in [0.15, 0.2) is 0 Å². The van der Waals surface area contributed by atoms with Gasteiger partial charge in [-0.15, -0.1) is 34.2 Å². The summed E-state index contributed by atoms with van der Waals surface area (Å²) in [5.41, 5.74) is 0. The molecule has 0 amide bonds. The molecule has 1 aromatic heterocycles. The maximum absolute atomic E-state index is 5.76. The highest BCUT2D eigenvalue weighted by atomic mass is 35.5. The third kappa shape index (κ3) is 1.72. The molecule has 5 heteroatoms. The van der Waals surface area contributed by atoms with Gasteiger partial charge in [-0.1, -0.05) is 0 Å². The zero-order valence-corrected chi connectivity index (χ0v) is 8.18. The molecule has 0 aromatic carbocycles. The fourth-order valence-electron chi connectivity index (χ4n) is 1.45. The van der Waals surface area contributed by atoms with Crippen LogP contribution in [0.25, 0.3) is 0 Å². The largest absolute Gasteiger partial charge is 0.317 e. The van der Waals surface area contributed by atoms with Crippen molar-refractivity contribution in [3.63, 3.8) is 0 Å². The Labute approximate surface area is 82.5 Å². The summed E-state index contributed by atoms with van der Waals surface area (Å²) in [6.07, 6.45) is 3.97. The van der Waals surface area contributed by atoms with Gasteiger partial charge >= 0.3 is 0 Å². The number of aromatic nitrogens is 3. The molecule has 0 bridgehead atoms. The fraction of sp³-hybridized carbons (Fsp3) is 0.714. The zero-order chi connectivity index (χ0) is 7.68. The number of alkyl halides is 1. The van der Waals surface area contributed by atoms with E-state index < -0.39 is 0 Å². The SMILES string of the molecule is Cl.ClCC1CCc2nncn2C1. The third-order valence-corrected chi connectivity index (χ3v) is 2.58. The fourth-order valence-corrected chi connectivity index (χ4v) is 1.71. The molecule has 12 heavy (non-hydrogen) atoms. The van der Waals surface area contributed by atoms with Crippen LogP contribution in [0.3, 0.4) is 0 Å². The van der Waals surface area contributed by atoms with Crippen LogP contribution in [0.2, 0.25) is 0 Å². The number of nitrogens with zero attached hydrogens (tertiary/aromatic N) is 3. The third-order valence-electron chi connectivity index (χ3n) is 2.15. The van der Waals surface area contributed by atoms with Crippen molar-refractivity contribution in [2.24, 2.45) is 5.92 Å². The van der Waals surface area contributed by atoms with Crippen LogP contribution in [-0.2, 0) is 13.0 Å². The Balaban J connectivity index is 0.000000720. The number of rotatable bonds is 1. The molecule has 1 unspecified atom stereocenters. The highest BCUT2D eigenvalue weighted by Gasteiger charge is 2.17. The maximum atomic E-state index is 5.76. The van der Waals surface area contributed by atoms with Crippen LogP contribution in [0, 0.1) is 5.92 Å². The van der Waals surface area contributed by atoms with Crippen LogP contribution in [-0.4, -0.2) is 20.6 Å². The molecule has 0 saturated heterocycles. The molecule has 1 atom stereocenters. The summed E-state index contributed by atoms with van der Waals surface area (Å²) in [5, 5.41) is 7.84. The molecule has 0 spiro atoms. The molecule has 0 N–H and O–H groups in total. The Morgan fingerprint density at radius 2 is 2.50 bits per heavy atom. The lowest BCUT2D eigenvalue weighted by atomic mass is 10.0. The van der Waals surface area contributed by atoms with Crippen LogP contribution in [0.15, 0.2) is 6.33 Å². The van der Waals surface area contributed by atoms with E-state index in [0.717, 1.165) is 31.1 Å². The van der Waals surface area contributed by atoms with Gasteiger partial charge < -0.3 is 4.57 Å². The van der Waals surface area contributed by atoms with Crippen LogP contribution in [0.5, 0.6) is 0 Å². The smallest absolute Gasteiger partial charge is 0.132 e. The van der Waals surface area contributed by atoms with E-state index in [1.807, 2.05) is 0 Å². The van der Waals surface area contributed by atoms with E-state index in [0.29, 0.717) is 5.92 Å². The zero-order valence-electron chi connectivity index (χ0n) is 6.61. The van der Waals surface area contributed by atoms with Gasteiger partial charge in [0.1, 0.15) is 12.2 Å². The van der Waals surface area contributed by atoms with E-state index in [4.69, 9.17) is 11.6 Å². The van der Waals surface area contributed by atoms with E-state index in [2.05, 4.69) is 14.8 Å². The summed E-state index contributed by atoms with van der Waals surface area (Å²) in [6.45, 7) is 0.992. The molecule has 2 rings (SSSR count). The number of fused-ring (bicyclic) bond motifs is 1. The molecule has 0 radical (unpaired) electrons. The van der Waals surface area contributed by atoms with Crippen molar-refractivity contribution < 1.29 is 0 Å². The van der Waals surface area contributed by atoms with Crippen LogP contribution in [0.1, 0.15) is 12.2 Å². The summed E-state index contributed by atoms with van der Waals surface area (Å²) in [5.74, 6) is 2.46. The topological polar surface area (TPSA) is 30.7 Å². The van der Waals surface area contributed by atoms with E-state index >= 15 is 0 Å². The quantitative estimate of drug-likeness (QED) is 0.654. The van der Waals surface area contributed by atoms with Crippen molar-refractivity contribution in [3.8, 4) is 0 Å². The normalized spacial score (nSPS) is 21.2. The van der Waals surface area contributed by atoms with Crippen LogP contribution in [0.4, 0.5) is 0 Å². The number of hydrogen-bond donors (Lipinski definition) is 0. The Kier molecular flexibility index (Phi) is 3.35. The highest BCUT2D eigenvalue weighted by molar-refractivity contribution is 6.18. The Morgan fingerprint density at radius 1 is 1.67 bits per heavy atom. The first-order chi connectivity index (χ1) is 5.40. The summed E-state index contributed by atoms with van der Waals surface area (Å²) in [6, 6.07) is 0. The van der Waals surface area contributed by atoms with Crippen LogP contribution < -0.4 is 0 Å². The van der Waals surface area contributed by atoms with E-state index in [9.17, 15) is 0 Å². The maximum Gasteiger partial charge on any atom is 0.132 e. The molecular weight excluding hydrogens is 197 g/mol. The number of hydrogen-bond acceptors (Lipinski definition) is 2.